The number of rotatable bonds is 2. The summed E-state index contributed by atoms with van der Waals surface area (Å²) < 4.78 is 25.0. The lowest BCUT2D eigenvalue weighted by Crippen LogP contribution is -2.39. The average molecular weight is 409 g/mol. The predicted molar refractivity (Wildman–Crippen MR) is 92.1 cm³/mol. The van der Waals surface area contributed by atoms with Gasteiger partial charge in [-0.15, -0.1) is 0 Å². The first-order valence-corrected chi connectivity index (χ1v) is 9.73. The van der Waals surface area contributed by atoms with Crippen molar-refractivity contribution in [3.63, 3.8) is 0 Å². The summed E-state index contributed by atoms with van der Waals surface area (Å²) in [5.74, 6) is -0.224. The highest BCUT2D eigenvalue weighted by Crippen LogP contribution is 2.29. The number of benzene rings is 1. The van der Waals surface area contributed by atoms with Crippen LogP contribution in [-0.4, -0.2) is 42.3 Å². The minimum Gasteiger partial charge on any atom is -0.337 e. The fourth-order valence-electron chi connectivity index (χ4n) is 2.50. The number of hydrogen-bond acceptors (Lipinski definition) is 3. The zero-order chi connectivity index (χ0) is 16.7. The molecule has 0 spiro atoms. The summed E-state index contributed by atoms with van der Waals surface area (Å²) in [6, 6.07) is 5.07. The van der Waals surface area contributed by atoms with Crippen molar-refractivity contribution in [1.29, 1.82) is 0 Å². The van der Waals surface area contributed by atoms with E-state index in [9.17, 15) is 13.2 Å². The van der Waals surface area contributed by atoms with Gasteiger partial charge < -0.3 is 4.90 Å². The van der Waals surface area contributed by atoms with Gasteiger partial charge in [0, 0.05) is 17.6 Å². The van der Waals surface area contributed by atoms with Crippen LogP contribution in [0.5, 0.6) is 0 Å². The van der Waals surface area contributed by atoms with E-state index in [0.717, 1.165) is 4.47 Å². The predicted octanol–water partition coefficient (Wildman–Crippen LogP) is 3.53. The first kappa shape index (κ1) is 17.8. The van der Waals surface area contributed by atoms with Gasteiger partial charge in [-0.2, -0.15) is 0 Å². The molecule has 7 heteroatoms. The van der Waals surface area contributed by atoms with Crippen molar-refractivity contribution in [3.05, 3.63) is 33.3 Å². The highest BCUT2D eigenvalue weighted by molar-refractivity contribution is 9.10. The number of carbonyl (C=O) groups excluding carboxylic acids is 1. The number of carbonyl (C=O) groups is 1. The van der Waals surface area contributed by atoms with Crippen LogP contribution >= 0.6 is 27.5 Å². The number of amides is 1. The van der Waals surface area contributed by atoms with Gasteiger partial charge in [-0.25, -0.2) is 8.42 Å². The van der Waals surface area contributed by atoms with Crippen LogP contribution in [0.1, 0.15) is 37.6 Å². The number of nitrogens with zero attached hydrogens (tertiary/aromatic N) is 1. The van der Waals surface area contributed by atoms with E-state index in [4.69, 9.17) is 11.6 Å². The lowest BCUT2D eigenvalue weighted by atomic mass is 10.2. The van der Waals surface area contributed by atoms with Crippen molar-refractivity contribution in [2.45, 2.75) is 37.2 Å². The highest BCUT2D eigenvalue weighted by atomic mass is 79.9. The average Bonchev–Trinajstić information content (AvgIpc) is 2.89. The van der Waals surface area contributed by atoms with Crippen LogP contribution in [0.4, 0.5) is 0 Å². The van der Waals surface area contributed by atoms with E-state index in [1.807, 2.05) is 0 Å². The van der Waals surface area contributed by atoms with Gasteiger partial charge in [-0.1, -0.05) is 27.5 Å². The number of hydrogen-bond donors (Lipinski definition) is 0. The Kier molecular flexibility index (Phi) is 4.95. The third-order valence-corrected chi connectivity index (χ3v) is 7.68. The molecular weight excluding hydrogens is 390 g/mol. The fourth-order valence-corrected chi connectivity index (χ4v) is 4.85. The summed E-state index contributed by atoms with van der Waals surface area (Å²) in [4.78, 5) is 14.1. The summed E-state index contributed by atoms with van der Waals surface area (Å²) in [5.41, 5.74) is 0.393. The summed E-state index contributed by atoms with van der Waals surface area (Å²) in [5, 5.41) is -0.141. The maximum atomic E-state index is 12.6. The van der Waals surface area contributed by atoms with Gasteiger partial charge in [0.1, 0.15) is 0 Å². The van der Waals surface area contributed by atoms with Gasteiger partial charge in [0.05, 0.1) is 20.6 Å². The third kappa shape index (κ3) is 3.34. The first-order valence-electron chi connectivity index (χ1n) is 7.02. The molecule has 1 aromatic carbocycles. The van der Waals surface area contributed by atoms with Gasteiger partial charge in [-0.05, 0) is 45.4 Å². The molecule has 1 fully saturated rings. The molecule has 0 N–H and O–H groups in total. The molecule has 0 unspecified atom stereocenters. The summed E-state index contributed by atoms with van der Waals surface area (Å²) in [6.45, 7) is 5.73. The van der Waals surface area contributed by atoms with Crippen molar-refractivity contribution in [1.82, 2.24) is 4.90 Å². The Labute approximate surface area is 144 Å². The van der Waals surface area contributed by atoms with Crippen molar-refractivity contribution < 1.29 is 13.2 Å². The Morgan fingerprint density at radius 2 is 2.00 bits per heavy atom. The molecule has 1 saturated heterocycles. The smallest absolute Gasteiger partial charge is 0.255 e. The molecule has 1 atom stereocenters. The topological polar surface area (TPSA) is 54.5 Å². The zero-order valence-electron chi connectivity index (χ0n) is 12.8. The second kappa shape index (κ2) is 6.13. The number of sulfone groups is 1. The number of likely N-dealkylation sites (tertiary alicyclic amines) is 1. The fraction of sp³-hybridized carbons (Fsp3) is 0.533. The Morgan fingerprint density at radius 1 is 1.36 bits per heavy atom. The van der Waals surface area contributed by atoms with Crippen LogP contribution in [-0.2, 0) is 9.84 Å². The molecule has 1 heterocycles. The van der Waals surface area contributed by atoms with Crippen LogP contribution in [0.15, 0.2) is 22.7 Å². The van der Waals surface area contributed by atoms with Crippen molar-refractivity contribution in [2.24, 2.45) is 0 Å². The van der Waals surface area contributed by atoms with Crippen LogP contribution in [0.25, 0.3) is 0 Å². The van der Waals surface area contributed by atoms with E-state index < -0.39 is 19.8 Å². The molecule has 0 aliphatic carbocycles. The Hall–Kier alpha value is -0.590. The monoisotopic (exact) mass is 407 g/mol. The maximum absolute atomic E-state index is 12.6. The Morgan fingerprint density at radius 3 is 2.59 bits per heavy atom. The zero-order valence-corrected chi connectivity index (χ0v) is 15.9. The van der Waals surface area contributed by atoms with Gasteiger partial charge >= 0.3 is 0 Å². The van der Waals surface area contributed by atoms with Gasteiger partial charge in [-0.3, -0.25) is 4.79 Å². The van der Waals surface area contributed by atoms with Crippen LogP contribution in [0.2, 0.25) is 5.02 Å². The highest BCUT2D eigenvalue weighted by Gasteiger charge is 2.42. The van der Waals surface area contributed by atoms with Crippen molar-refractivity contribution in [3.8, 4) is 0 Å². The second-order valence-corrected chi connectivity index (χ2v) is 10.7. The second-order valence-electron chi connectivity index (χ2n) is 6.44. The lowest BCUT2D eigenvalue weighted by Gasteiger charge is -2.24. The number of halogens is 2. The molecule has 0 radical (unpaired) electrons. The van der Waals surface area contributed by atoms with Gasteiger partial charge in [0.2, 0.25) is 0 Å². The van der Waals surface area contributed by atoms with E-state index >= 15 is 0 Å². The molecule has 1 aliphatic heterocycles. The molecule has 22 heavy (non-hydrogen) atoms. The first-order chi connectivity index (χ1) is 10.0. The molecule has 0 saturated carbocycles. The SMILES string of the molecule is CC(C)(C)S(=O)(=O)[C@H]1CCN(C(=O)c2cc(Br)ccc2Cl)C1. The van der Waals surface area contributed by atoms with E-state index in [1.165, 1.54) is 0 Å². The van der Waals surface area contributed by atoms with Gasteiger partial charge in [0.25, 0.3) is 5.91 Å². The van der Waals surface area contributed by atoms with Crippen LogP contribution in [0.3, 0.4) is 0 Å². The normalized spacial score (nSPS) is 19.5. The minimum absolute atomic E-state index is 0.223. The quantitative estimate of drug-likeness (QED) is 0.752. The molecule has 0 bridgehead atoms. The molecule has 1 amide bonds. The molecule has 0 aromatic heterocycles. The lowest BCUT2D eigenvalue weighted by molar-refractivity contribution is 0.0793. The molecule has 1 aliphatic rings. The largest absolute Gasteiger partial charge is 0.337 e. The summed E-state index contributed by atoms with van der Waals surface area (Å²) >= 11 is 9.40. The van der Waals surface area contributed by atoms with E-state index in [1.54, 1.807) is 43.9 Å². The standard InChI is InChI=1S/C15H19BrClNO3S/c1-15(2,3)22(20,21)11-6-7-18(9-11)14(19)12-8-10(16)4-5-13(12)17/h4-5,8,11H,6-7,9H2,1-3H3/t11-/m0/s1. The van der Waals surface area contributed by atoms with E-state index in [2.05, 4.69) is 15.9 Å². The van der Waals surface area contributed by atoms with Gasteiger partial charge in [0.15, 0.2) is 9.84 Å². The summed E-state index contributed by atoms with van der Waals surface area (Å²) in [6.07, 6.45) is 0.469. The minimum atomic E-state index is -3.28. The summed E-state index contributed by atoms with van der Waals surface area (Å²) in [7, 11) is -3.28. The van der Waals surface area contributed by atoms with Crippen LogP contribution in [0, 0.1) is 0 Å². The molecular formula is C15H19BrClNO3S. The van der Waals surface area contributed by atoms with E-state index in [-0.39, 0.29) is 12.5 Å². The van der Waals surface area contributed by atoms with Crippen LogP contribution < -0.4 is 0 Å². The third-order valence-electron chi connectivity index (χ3n) is 3.88. The molecule has 4 nitrogen and oxygen atoms in total. The Balaban J connectivity index is 2.20. The maximum Gasteiger partial charge on any atom is 0.255 e. The van der Waals surface area contributed by atoms with Crippen molar-refractivity contribution >= 4 is 43.3 Å². The Bertz CT molecular complexity index is 697. The molecule has 1 aromatic rings. The van der Waals surface area contributed by atoms with Crippen molar-refractivity contribution in [2.75, 3.05) is 13.1 Å². The van der Waals surface area contributed by atoms with E-state index in [0.29, 0.717) is 23.6 Å². The molecule has 2 rings (SSSR count). The molecule has 122 valence electrons.